The molecule has 1 aliphatic heterocycles. The SMILES string of the molecule is CCn1c2c(c3ccc(Nc4ncc(F)c(-n5cnc6ccccc65)n4)cc31)CNCC2. The third kappa shape index (κ3) is 2.95. The maximum atomic E-state index is 14.6. The van der Waals surface area contributed by atoms with Crippen molar-refractivity contribution in [2.75, 3.05) is 11.9 Å². The Morgan fingerprint density at radius 2 is 2.03 bits per heavy atom. The first-order chi connectivity index (χ1) is 15.7. The number of aryl methyl sites for hydroxylation is 1. The Balaban J connectivity index is 1.39. The van der Waals surface area contributed by atoms with Gasteiger partial charge in [0.1, 0.15) is 6.33 Å². The van der Waals surface area contributed by atoms with E-state index in [-0.39, 0.29) is 5.82 Å². The van der Waals surface area contributed by atoms with Crippen LogP contribution in [0.5, 0.6) is 0 Å². The molecule has 0 amide bonds. The number of aromatic nitrogens is 5. The van der Waals surface area contributed by atoms with E-state index in [0.717, 1.165) is 42.8 Å². The fourth-order valence-electron chi connectivity index (χ4n) is 4.66. The molecule has 32 heavy (non-hydrogen) atoms. The molecule has 4 heterocycles. The molecule has 2 aromatic carbocycles. The van der Waals surface area contributed by atoms with Crippen molar-refractivity contribution in [3.05, 3.63) is 72.1 Å². The van der Waals surface area contributed by atoms with Gasteiger partial charge in [-0.1, -0.05) is 18.2 Å². The first-order valence-electron chi connectivity index (χ1n) is 10.8. The van der Waals surface area contributed by atoms with Gasteiger partial charge in [0.15, 0.2) is 11.6 Å². The normalized spacial score (nSPS) is 13.6. The number of fused-ring (bicyclic) bond motifs is 4. The smallest absolute Gasteiger partial charge is 0.229 e. The van der Waals surface area contributed by atoms with Crippen LogP contribution in [-0.4, -0.2) is 30.6 Å². The molecule has 0 aliphatic carbocycles. The highest BCUT2D eigenvalue weighted by molar-refractivity contribution is 5.89. The molecule has 160 valence electrons. The van der Waals surface area contributed by atoms with Crippen molar-refractivity contribution in [2.45, 2.75) is 26.4 Å². The molecule has 0 unspecified atom stereocenters. The van der Waals surface area contributed by atoms with Crippen LogP contribution in [0.2, 0.25) is 0 Å². The number of halogens is 1. The fourth-order valence-corrected chi connectivity index (χ4v) is 4.66. The van der Waals surface area contributed by atoms with Crippen LogP contribution in [0.1, 0.15) is 18.2 Å². The molecule has 1 aliphatic rings. The Kier molecular flexibility index (Phi) is 4.39. The lowest BCUT2D eigenvalue weighted by atomic mass is 10.1. The van der Waals surface area contributed by atoms with Crippen LogP contribution in [0.25, 0.3) is 27.8 Å². The molecule has 0 saturated heterocycles. The van der Waals surface area contributed by atoms with E-state index < -0.39 is 5.82 Å². The van der Waals surface area contributed by atoms with E-state index in [4.69, 9.17) is 0 Å². The van der Waals surface area contributed by atoms with Gasteiger partial charge in [0.25, 0.3) is 0 Å². The van der Waals surface area contributed by atoms with E-state index in [1.807, 2.05) is 30.3 Å². The predicted octanol–water partition coefficient (Wildman–Crippen LogP) is 4.32. The summed E-state index contributed by atoms with van der Waals surface area (Å²) in [5.74, 6) is -0.00972. The van der Waals surface area contributed by atoms with Gasteiger partial charge in [-0.15, -0.1) is 0 Å². The topological polar surface area (TPSA) is 72.6 Å². The van der Waals surface area contributed by atoms with Crippen molar-refractivity contribution in [3.63, 3.8) is 0 Å². The number of benzene rings is 2. The van der Waals surface area contributed by atoms with Gasteiger partial charge < -0.3 is 15.2 Å². The highest BCUT2D eigenvalue weighted by Crippen LogP contribution is 2.31. The molecule has 0 atom stereocenters. The highest BCUT2D eigenvalue weighted by atomic mass is 19.1. The zero-order valence-corrected chi connectivity index (χ0v) is 17.6. The number of rotatable bonds is 4. The number of nitrogens with one attached hydrogen (secondary N) is 2. The average Bonchev–Trinajstić information content (AvgIpc) is 3.39. The van der Waals surface area contributed by atoms with E-state index in [9.17, 15) is 4.39 Å². The van der Waals surface area contributed by atoms with Crippen LogP contribution in [-0.2, 0) is 19.5 Å². The summed E-state index contributed by atoms with van der Waals surface area (Å²) >= 11 is 0. The number of hydrogen-bond acceptors (Lipinski definition) is 5. The fraction of sp³-hybridized carbons (Fsp3) is 0.208. The van der Waals surface area contributed by atoms with Gasteiger partial charge in [0.05, 0.1) is 22.7 Å². The molecule has 0 radical (unpaired) electrons. The molecule has 0 fully saturated rings. The van der Waals surface area contributed by atoms with Gasteiger partial charge in [-0.25, -0.2) is 14.4 Å². The summed E-state index contributed by atoms with van der Waals surface area (Å²) < 4.78 is 18.7. The summed E-state index contributed by atoms with van der Waals surface area (Å²) in [7, 11) is 0. The molecule has 2 N–H and O–H groups in total. The molecule has 8 heteroatoms. The molecule has 0 spiro atoms. The number of para-hydroxylation sites is 2. The predicted molar refractivity (Wildman–Crippen MR) is 123 cm³/mol. The summed E-state index contributed by atoms with van der Waals surface area (Å²) in [4.78, 5) is 13.0. The Morgan fingerprint density at radius 3 is 2.94 bits per heavy atom. The lowest BCUT2D eigenvalue weighted by molar-refractivity contribution is 0.604. The average molecular weight is 427 g/mol. The lowest BCUT2D eigenvalue weighted by Gasteiger charge is -2.15. The van der Waals surface area contributed by atoms with E-state index in [2.05, 4.69) is 49.2 Å². The Hall–Kier alpha value is -3.78. The van der Waals surface area contributed by atoms with Gasteiger partial charge in [0, 0.05) is 42.8 Å². The minimum atomic E-state index is -0.505. The van der Waals surface area contributed by atoms with Crippen LogP contribution < -0.4 is 10.6 Å². The third-order valence-corrected chi connectivity index (χ3v) is 6.11. The largest absolute Gasteiger partial charge is 0.344 e. The monoisotopic (exact) mass is 427 g/mol. The molecule has 7 nitrogen and oxygen atoms in total. The van der Waals surface area contributed by atoms with Gasteiger partial charge in [-0.2, -0.15) is 4.98 Å². The number of hydrogen-bond donors (Lipinski definition) is 2. The van der Waals surface area contributed by atoms with E-state index in [1.165, 1.54) is 28.4 Å². The summed E-state index contributed by atoms with van der Waals surface area (Å²) in [6.07, 6.45) is 3.81. The van der Waals surface area contributed by atoms with Crippen molar-refractivity contribution in [1.82, 2.24) is 29.4 Å². The maximum absolute atomic E-state index is 14.6. The Labute approximate surface area is 183 Å². The van der Waals surface area contributed by atoms with Crippen LogP contribution in [0.3, 0.4) is 0 Å². The quantitative estimate of drug-likeness (QED) is 0.447. The maximum Gasteiger partial charge on any atom is 0.229 e. The first kappa shape index (κ1) is 18.9. The minimum Gasteiger partial charge on any atom is -0.344 e. The highest BCUT2D eigenvalue weighted by Gasteiger charge is 2.19. The minimum absolute atomic E-state index is 0.163. The van der Waals surface area contributed by atoms with Gasteiger partial charge in [0.2, 0.25) is 5.95 Å². The van der Waals surface area contributed by atoms with Gasteiger partial charge >= 0.3 is 0 Å². The van der Waals surface area contributed by atoms with E-state index in [1.54, 1.807) is 10.9 Å². The Bertz CT molecular complexity index is 1470. The number of imidazole rings is 1. The van der Waals surface area contributed by atoms with Crippen LogP contribution in [0, 0.1) is 5.82 Å². The third-order valence-electron chi connectivity index (χ3n) is 6.11. The van der Waals surface area contributed by atoms with Crippen molar-refractivity contribution < 1.29 is 4.39 Å². The summed E-state index contributed by atoms with van der Waals surface area (Å²) in [5.41, 5.74) is 6.41. The number of anilines is 2. The zero-order valence-electron chi connectivity index (χ0n) is 17.6. The van der Waals surface area contributed by atoms with Gasteiger partial charge in [-0.3, -0.25) is 4.57 Å². The molecule has 5 aromatic rings. The van der Waals surface area contributed by atoms with E-state index >= 15 is 0 Å². The standard InChI is InChI=1S/C24H22FN7/c1-2-31-20-9-10-26-12-17(20)16-8-7-15(11-22(16)31)29-24-27-13-18(25)23(30-24)32-14-28-19-5-3-4-6-21(19)32/h3-8,11,13-14,26H,2,9-10,12H2,1H3,(H,27,29,30). The van der Waals surface area contributed by atoms with Crippen LogP contribution >= 0.6 is 0 Å². The Morgan fingerprint density at radius 1 is 1.12 bits per heavy atom. The summed E-state index contributed by atoms with van der Waals surface area (Å²) in [5, 5.41) is 7.99. The molecule has 6 rings (SSSR count). The second-order valence-corrected chi connectivity index (χ2v) is 7.92. The van der Waals surface area contributed by atoms with Crippen molar-refractivity contribution in [1.29, 1.82) is 0 Å². The lowest BCUT2D eigenvalue weighted by Crippen LogP contribution is -2.24. The van der Waals surface area contributed by atoms with Crippen molar-refractivity contribution in [2.24, 2.45) is 0 Å². The number of nitrogens with zero attached hydrogens (tertiary/aromatic N) is 5. The summed E-state index contributed by atoms with van der Waals surface area (Å²) in [6.45, 7) is 4.99. The molecule has 0 bridgehead atoms. The molecule has 0 saturated carbocycles. The van der Waals surface area contributed by atoms with Crippen LogP contribution in [0.15, 0.2) is 55.0 Å². The molecular weight excluding hydrogens is 405 g/mol. The van der Waals surface area contributed by atoms with Crippen LogP contribution in [0.4, 0.5) is 16.0 Å². The molecular formula is C24H22FN7. The van der Waals surface area contributed by atoms with Crippen molar-refractivity contribution in [3.8, 4) is 5.82 Å². The second-order valence-electron chi connectivity index (χ2n) is 7.92. The molecule has 3 aromatic heterocycles. The zero-order chi connectivity index (χ0) is 21.7. The van der Waals surface area contributed by atoms with Crippen molar-refractivity contribution >= 4 is 33.6 Å². The van der Waals surface area contributed by atoms with Gasteiger partial charge in [-0.05, 0) is 36.8 Å². The first-order valence-corrected chi connectivity index (χ1v) is 10.8. The summed E-state index contributed by atoms with van der Waals surface area (Å²) in [6, 6.07) is 13.9. The van der Waals surface area contributed by atoms with E-state index in [0.29, 0.717) is 5.95 Å². The second kappa shape index (κ2) is 7.42.